The molecule has 30 heavy (non-hydrogen) atoms. The number of carbonyl (C=O) groups excluding carboxylic acids is 1. The molecule has 1 aromatic carbocycles. The Balaban J connectivity index is 1.40. The molecule has 6 rings (SSSR count). The Hall–Kier alpha value is -0.960. The van der Waals surface area contributed by atoms with E-state index in [-0.39, 0.29) is 20.5 Å². The first-order valence-corrected chi connectivity index (χ1v) is 13.1. The summed E-state index contributed by atoms with van der Waals surface area (Å²) in [5.41, 5.74) is 1.15. The molecule has 1 amide bonds. The fourth-order valence-electron chi connectivity index (χ4n) is 6.50. The molecule has 6 nitrogen and oxygen atoms in total. The minimum absolute atomic E-state index is 0.0597. The average molecular weight is 497 g/mol. The lowest BCUT2D eigenvalue weighted by molar-refractivity contribution is -0.138. The quantitative estimate of drug-likeness (QED) is 0.644. The third-order valence-corrected chi connectivity index (χ3v) is 10.4. The van der Waals surface area contributed by atoms with Gasteiger partial charge in [0.05, 0.1) is 23.5 Å². The topological polar surface area (TPSA) is 75.7 Å². The van der Waals surface area contributed by atoms with Crippen molar-refractivity contribution in [2.45, 2.75) is 54.7 Å². The molecule has 164 valence electrons. The van der Waals surface area contributed by atoms with Gasteiger partial charge in [-0.15, -0.1) is 0 Å². The summed E-state index contributed by atoms with van der Waals surface area (Å²) in [6.45, 7) is 3.45. The van der Waals surface area contributed by atoms with Crippen molar-refractivity contribution in [3.63, 3.8) is 0 Å². The van der Waals surface area contributed by atoms with E-state index in [0.717, 1.165) is 24.8 Å². The van der Waals surface area contributed by atoms with Gasteiger partial charge in [0, 0.05) is 23.1 Å². The summed E-state index contributed by atoms with van der Waals surface area (Å²) < 4.78 is 32.9. The van der Waals surface area contributed by atoms with Crippen molar-refractivity contribution in [1.29, 1.82) is 0 Å². The molecule has 0 aromatic heterocycles. The van der Waals surface area contributed by atoms with Gasteiger partial charge in [0.15, 0.2) is 0 Å². The highest BCUT2D eigenvalue weighted by Gasteiger charge is 2.59. The molecule has 2 unspecified atom stereocenters. The number of amides is 1. The number of hydrogen-bond acceptors (Lipinski definition) is 4. The molecule has 0 spiro atoms. The van der Waals surface area contributed by atoms with Crippen LogP contribution in [0, 0.1) is 24.2 Å². The summed E-state index contributed by atoms with van der Waals surface area (Å²) in [5, 5.41) is 3.13. The molecule has 1 N–H and O–H groups in total. The maximum Gasteiger partial charge on any atom is 0.243 e. The summed E-state index contributed by atoms with van der Waals surface area (Å²) >= 11 is 3.97. The zero-order valence-corrected chi connectivity index (χ0v) is 19.7. The van der Waals surface area contributed by atoms with Crippen LogP contribution in [-0.4, -0.2) is 49.3 Å². The Morgan fingerprint density at radius 3 is 2.47 bits per heavy atom. The largest absolute Gasteiger partial charge is 0.379 e. The number of morpholine rings is 1. The standard InChI is InChI=1S/C22H29BrN2O4S/c1-15-2-3-18(30(27,28)25-4-6-29-7-5-25)9-19(15)24-20(26)21-10-16-8-17(11-21)13-22(23,12-16)14-21/h2-3,9,16-17H,4-8,10-14H2,1H3,(H,24,26). The Bertz CT molecular complexity index is 959. The van der Waals surface area contributed by atoms with E-state index in [9.17, 15) is 13.2 Å². The highest BCUT2D eigenvalue weighted by atomic mass is 79.9. The smallest absolute Gasteiger partial charge is 0.243 e. The predicted molar refractivity (Wildman–Crippen MR) is 118 cm³/mol. The van der Waals surface area contributed by atoms with E-state index in [1.54, 1.807) is 18.2 Å². The third kappa shape index (κ3) is 3.53. The van der Waals surface area contributed by atoms with E-state index in [2.05, 4.69) is 21.2 Å². The normalized spacial score (nSPS) is 36.1. The monoisotopic (exact) mass is 496 g/mol. The van der Waals surface area contributed by atoms with Gasteiger partial charge in [-0.1, -0.05) is 22.0 Å². The number of benzene rings is 1. The van der Waals surface area contributed by atoms with Crippen molar-refractivity contribution in [1.82, 2.24) is 4.31 Å². The zero-order valence-electron chi connectivity index (χ0n) is 17.3. The number of hydrogen-bond donors (Lipinski definition) is 1. The van der Waals surface area contributed by atoms with Crippen LogP contribution in [0.25, 0.3) is 0 Å². The van der Waals surface area contributed by atoms with E-state index in [0.29, 0.717) is 43.8 Å². The first-order valence-electron chi connectivity index (χ1n) is 10.9. The van der Waals surface area contributed by atoms with Crippen molar-refractivity contribution in [2.24, 2.45) is 17.3 Å². The number of carbonyl (C=O) groups is 1. The number of rotatable bonds is 4. The van der Waals surface area contributed by atoms with Crippen LogP contribution in [-0.2, 0) is 19.6 Å². The molecule has 2 atom stereocenters. The molecule has 5 aliphatic rings. The van der Waals surface area contributed by atoms with Crippen molar-refractivity contribution >= 4 is 37.5 Å². The molecule has 5 fully saturated rings. The van der Waals surface area contributed by atoms with E-state index in [4.69, 9.17) is 4.74 Å². The summed E-state index contributed by atoms with van der Waals surface area (Å²) in [5.74, 6) is 1.29. The maximum atomic E-state index is 13.5. The van der Waals surface area contributed by atoms with Gasteiger partial charge >= 0.3 is 0 Å². The molecular formula is C22H29BrN2O4S. The molecule has 4 aliphatic carbocycles. The molecule has 4 saturated carbocycles. The molecule has 8 heteroatoms. The van der Waals surface area contributed by atoms with Crippen LogP contribution in [0.5, 0.6) is 0 Å². The minimum Gasteiger partial charge on any atom is -0.379 e. The van der Waals surface area contributed by atoms with Gasteiger partial charge in [0.1, 0.15) is 0 Å². The van der Waals surface area contributed by atoms with Gasteiger partial charge in [-0.05, 0) is 75.0 Å². The number of aryl methyl sites for hydroxylation is 1. The lowest BCUT2D eigenvalue weighted by Gasteiger charge is -2.59. The lowest BCUT2D eigenvalue weighted by Crippen LogP contribution is -2.57. The van der Waals surface area contributed by atoms with Crippen molar-refractivity contribution < 1.29 is 17.9 Å². The molecule has 0 radical (unpaired) electrons. The first-order chi connectivity index (χ1) is 14.2. The Morgan fingerprint density at radius 1 is 1.17 bits per heavy atom. The number of ether oxygens (including phenoxy) is 1. The van der Waals surface area contributed by atoms with E-state index in [1.807, 2.05) is 6.92 Å². The third-order valence-electron chi connectivity index (χ3n) is 7.54. The maximum absolute atomic E-state index is 13.5. The Labute approximate surface area is 186 Å². The molecule has 1 aromatic rings. The van der Waals surface area contributed by atoms with Crippen LogP contribution in [0.3, 0.4) is 0 Å². The van der Waals surface area contributed by atoms with Crippen LogP contribution in [0.2, 0.25) is 0 Å². The number of nitrogens with one attached hydrogen (secondary N) is 1. The summed E-state index contributed by atoms with van der Waals surface area (Å²) in [7, 11) is -3.60. The first kappa shape index (κ1) is 20.9. The van der Waals surface area contributed by atoms with Gasteiger partial charge in [-0.25, -0.2) is 8.42 Å². The molecule has 1 heterocycles. The van der Waals surface area contributed by atoms with Gasteiger partial charge in [0.2, 0.25) is 15.9 Å². The lowest BCUT2D eigenvalue weighted by atomic mass is 9.49. The second kappa shape index (κ2) is 7.29. The number of sulfonamides is 1. The Morgan fingerprint density at radius 2 is 1.83 bits per heavy atom. The molecule has 1 aliphatic heterocycles. The predicted octanol–water partition coefficient (Wildman–Crippen LogP) is 3.69. The van der Waals surface area contributed by atoms with Crippen molar-refractivity contribution in [3.8, 4) is 0 Å². The van der Waals surface area contributed by atoms with E-state index < -0.39 is 10.0 Å². The number of halogens is 1. The average Bonchev–Trinajstić information content (AvgIpc) is 2.68. The van der Waals surface area contributed by atoms with Crippen LogP contribution >= 0.6 is 15.9 Å². The number of nitrogens with zero attached hydrogens (tertiary/aromatic N) is 1. The van der Waals surface area contributed by atoms with Gasteiger partial charge < -0.3 is 10.1 Å². The van der Waals surface area contributed by atoms with Gasteiger partial charge in [0.25, 0.3) is 0 Å². The minimum atomic E-state index is -3.60. The van der Waals surface area contributed by atoms with Crippen LogP contribution in [0.4, 0.5) is 5.69 Å². The molecular weight excluding hydrogens is 468 g/mol. The van der Waals surface area contributed by atoms with Crippen molar-refractivity contribution in [3.05, 3.63) is 23.8 Å². The SMILES string of the molecule is Cc1ccc(S(=O)(=O)N2CCOCC2)cc1NC(=O)C12CC3CC(CC(Br)(C3)C1)C2. The fraction of sp³-hybridized carbons (Fsp3) is 0.682. The van der Waals surface area contributed by atoms with Gasteiger partial charge in [-0.2, -0.15) is 4.31 Å². The van der Waals surface area contributed by atoms with E-state index >= 15 is 0 Å². The highest BCUT2D eigenvalue weighted by molar-refractivity contribution is 9.10. The molecule has 4 bridgehead atoms. The Kier molecular flexibility index (Phi) is 5.08. The second-order valence-corrected chi connectivity index (χ2v) is 13.5. The molecule has 1 saturated heterocycles. The van der Waals surface area contributed by atoms with Crippen molar-refractivity contribution in [2.75, 3.05) is 31.6 Å². The van der Waals surface area contributed by atoms with Crippen LogP contribution < -0.4 is 5.32 Å². The summed E-state index contributed by atoms with van der Waals surface area (Å²) in [6.07, 6.45) is 6.37. The second-order valence-electron chi connectivity index (χ2n) is 9.84. The van der Waals surface area contributed by atoms with Gasteiger partial charge in [-0.3, -0.25) is 4.79 Å². The van der Waals surface area contributed by atoms with E-state index in [1.165, 1.54) is 23.6 Å². The summed E-state index contributed by atoms with van der Waals surface area (Å²) in [4.78, 5) is 13.7. The fourth-order valence-corrected chi connectivity index (χ4v) is 9.39. The highest BCUT2D eigenvalue weighted by Crippen LogP contribution is 2.64. The van der Waals surface area contributed by atoms with Crippen LogP contribution in [0.1, 0.15) is 44.1 Å². The summed E-state index contributed by atoms with van der Waals surface area (Å²) in [6, 6.07) is 5.05. The number of alkyl halides is 1. The van der Waals surface area contributed by atoms with Crippen LogP contribution in [0.15, 0.2) is 23.1 Å². The zero-order chi connectivity index (χ0) is 21.1. The number of anilines is 1.